The third-order valence-electron chi connectivity index (χ3n) is 5.88. The number of piperidine rings is 1. The van der Waals surface area contributed by atoms with E-state index in [0.717, 1.165) is 26.5 Å². The van der Waals surface area contributed by atoms with Gasteiger partial charge >= 0.3 is 0 Å². The molecule has 1 amide bonds. The summed E-state index contributed by atoms with van der Waals surface area (Å²) in [6.07, 6.45) is 0.991. The second-order valence-corrected chi connectivity index (χ2v) is 11.0. The van der Waals surface area contributed by atoms with Gasteiger partial charge in [0.1, 0.15) is 5.01 Å². The van der Waals surface area contributed by atoms with Crippen LogP contribution in [0.15, 0.2) is 83.8 Å². The minimum absolute atomic E-state index is 0.0757. The molecule has 0 unspecified atom stereocenters. The van der Waals surface area contributed by atoms with Gasteiger partial charge in [-0.25, -0.2) is 13.4 Å². The zero-order valence-electron chi connectivity index (χ0n) is 17.8. The smallest absolute Gasteiger partial charge is 0.243 e. The number of benzene rings is 3. The van der Waals surface area contributed by atoms with Gasteiger partial charge < -0.3 is 5.32 Å². The lowest BCUT2D eigenvalue weighted by molar-refractivity contribution is -0.120. The van der Waals surface area contributed by atoms with Gasteiger partial charge in [-0.2, -0.15) is 4.31 Å². The van der Waals surface area contributed by atoms with Crippen molar-refractivity contribution in [2.45, 2.75) is 17.7 Å². The number of carbonyl (C=O) groups excluding carboxylic acids is 1. The lowest BCUT2D eigenvalue weighted by Crippen LogP contribution is -2.41. The van der Waals surface area contributed by atoms with E-state index in [1.165, 1.54) is 4.31 Å². The largest absolute Gasteiger partial charge is 0.326 e. The molecule has 0 bridgehead atoms. The van der Waals surface area contributed by atoms with Crippen molar-refractivity contribution in [2.75, 3.05) is 18.4 Å². The van der Waals surface area contributed by atoms with E-state index in [9.17, 15) is 13.2 Å². The van der Waals surface area contributed by atoms with Gasteiger partial charge in [0.15, 0.2) is 0 Å². The molecular formula is C25H23N3O3S2. The van der Waals surface area contributed by atoms with Crippen LogP contribution in [0.3, 0.4) is 0 Å². The summed E-state index contributed by atoms with van der Waals surface area (Å²) in [6.45, 7) is 0.669. The Kier molecular flexibility index (Phi) is 5.97. The fourth-order valence-corrected chi connectivity index (χ4v) is 6.52. The van der Waals surface area contributed by atoms with E-state index in [4.69, 9.17) is 4.98 Å². The number of aromatic nitrogens is 1. The van der Waals surface area contributed by atoms with Crippen molar-refractivity contribution in [1.82, 2.24) is 9.29 Å². The number of nitrogens with one attached hydrogen (secondary N) is 1. The van der Waals surface area contributed by atoms with Gasteiger partial charge in [0.2, 0.25) is 15.9 Å². The molecule has 1 aliphatic rings. The van der Waals surface area contributed by atoms with Crippen LogP contribution in [0.4, 0.5) is 5.69 Å². The van der Waals surface area contributed by atoms with Crippen LogP contribution in [0.2, 0.25) is 0 Å². The summed E-state index contributed by atoms with van der Waals surface area (Å²) in [4.78, 5) is 17.9. The molecule has 1 aromatic heterocycles. The first-order valence-corrected chi connectivity index (χ1v) is 13.1. The van der Waals surface area contributed by atoms with Crippen LogP contribution in [0.25, 0.3) is 20.8 Å². The van der Waals surface area contributed by atoms with Crippen LogP contribution in [-0.4, -0.2) is 36.7 Å². The van der Waals surface area contributed by atoms with Gasteiger partial charge in [0, 0.05) is 30.3 Å². The first-order valence-electron chi connectivity index (χ1n) is 10.8. The third-order valence-corrected chi connectivity index (χ3v) is 8.87. The average molecular weight is 478 g/mol. The normalized spacial score (nSPS) is 15.5. The van der Waals surface area contributed by atoms with Crippen molar-refractivity contribution >= 4 is 43.2 Å². The summed E-state index contributed by atoms with van der Waals surface area (Å²) in [7, 11) is -3.52. The van der Waals surface area contributed by atoms with E-state index in [2.05, 4.69) is 5.32 Å². The summed E-state index contributed by atoms with van der Waals surface area (Å²) < 4.78 is 28.2. The van der Waals surface area contributed by atoms with Crippen LogP contribution in [0, 0.1) is 5.92 Å². The van der Waals surface area contributed by atoms with Crippen molar-refractivity contribution < 1.29 is 13.2 Å². The number of rotatable bonds is 5. The van der Waals surface area contributed by atoms with E-state index in [1.54, 1.807) is 41.7 Å². The van der Waals surface area contributed by atoms with Crippen LogP contribution in [0.1, 0.15) is 12.8 Å². The van der Waals surface area contributed by atoms with E-state index in [0.29, 0.717) is 30.8 Å². The zero-order valence-corrected chi connectivity index (χ0v) is 19.5. The molecule has 33 heavy (non-hydrogen) atoms. The highest BCUT2D eigenvalue weighted by molar-refractivity contribution is 7.89. The van der Waals surface area contributed by atoms with Crippen molar-refractivity contribution in [3.63, 3.8) is 0 Å². The van der Waals surface area contributed by atoms with E-state index in [-0.39, 0.29) is 11.8 Å². The predicted octanol–water partition coefficient (Wildman–Crippen LogP) is 5.00. The number of thiazole rings is 1. The highest BCUT2D eigenvalue weighted by Crippen LogP contribution is 2.31. The fraction of sp³-hybridized carbons (Fsp3) is 0.200. The number of sulfonamides is 1. The zero-order chi connectivity index (χ0) is 22.8. The van der Waals surface area contributed by atoms with Gasteiger partial charge in [0.05, 0.1) is 15.1 Å². The van der Waals surface area contributed by atoms with Gasteiger partial charge in [0.25, 0.3) is 0 Å². The number of fused-ring (bicyclic) bond motifs is 1. The number of anilines is 1. The second kappa shape index (κ2) is 9.05. The molecule has 8 heteroatoms. The summed E-state index contributed by atoms with van der Waals surface area (Å²) in [5.41, 5.74) is 2.64. The maximum Gasteiger partial charge on any atom is 0.243 e. The molecule has 3 aromatic carbocycles. The molecule has 1 saturated heterocycles. The van der Waals surface area contributed by atoms with Crippen LogP contribution in [0.5, 0.6) is 0 Å². The van der Waals surface area contributed by atoms with E-state index < -0.39 is 10.0 Å². The Morgan fingerprint density at radius 2 is 1.67 bits per heavy atom. The SMILES string of the molecule is O=C(Nc1cccc(-c2nc3ccccc3s2)c1)C1CCN(S(=O)(=O)c2ccccc2)CC1. The molecule has 0 atom stereocenters. The van der Waals surface area contributed by atoms with Crippen molar-refractivity contribution in [3.8, 4) is 10.6 Å². The topological polar surface area (TPSA) is 79.4 Å². The summed E-state index contributed by atoms with van der Waals surface area (Å²) in [5, 5.41) is 3.92. The maximum absolute atomic E-state index is 12.9. The Hall–Kier alpha value is -3.07. The third kappa shape index (κ3) is 4.55. The molecule has 2 heterocycles. The number of para-hydroxylation sites is 1. The molecular weight excluding hydrogens is 454 g/mol. The highest BCUT2D eigenvalue weighted by Gasteiger charge is 2.32. The average Bonchev–Trinajstić information content (AvgIpc) is 3.29. The Morgan fingerprint density at radius 1 is 0.939 bits per heavy atom. The molecule has 0 spiro atoms. The molecule has 1 fully saturated rings. The number of nitrogens with zero attached hydrogens (tertiary/aromatic N) is 2. The Labute approximate surface area is 197 Å². The van der Waals surface area contributed by atoms with Crippen molar-refractivity contribution in [3.05, 3.63) is 78.9 Å². The van der Waals surface area contributed by atoms with E-state index >= 15 is 0 Å². The van der Waals surface area contributed by atoms with Gasteiger partial charge in [-0.3, -0.25) is 4.79 Å². The molecule has 0 saturated carbocycles. The number of hydrogen-bond acceptors (Lipinski definition) is 5. The van der Waals surface area contributed by atoms with Gasteiger partial charge in [-0.1, -0.05) is 42.5 Å². The van der Waals surface area contributed by atoms with Crippen LogP contribution in [-0.2, 0) is 14.8 Å². The first kappa shape index (κ1) is 21.8. The fourth-order valence-electron chi connectivity index (χ4n) is 4.07. The summed E-state index contributed by atoms with van der Waals surface area (Å²) in [5.74, 6) is -0.300. The second-order valence-electron chi connectivity index (χ2n) is 8.05. The monoisotopic (exact) mass is 477 g/mol. The number of carbonyl (C=O) groups is 1. The maximum atomic E-state index is 12.9. The van der Waals surface area contributed by atoms with Gasteiger partial charge in [-0.15, -0.1) is 11.3 Å². The molecule has 168 valence electrons. The quantitative estimate of drug-likeness (QED) is 0.439. The summed E-state index contributed by atoms with van der Waals surface area (Å²) in [6, 6.07) is 24.1. The Morgan fingerprint density at radius 3 is 2.42 bits per heavy atom. The minimum Gasteiger partial charge on any atom is -0.326 e. The molecule has 5 rings (SSSR count). The first-order chi connectivity index (χ1) is 16.0. The molecule has 0 aliphatic carbocycles. The van der Waals surface area contributed by atoms with Gasteiger partial charge in [-0.05, 0) is 49.2 Å². The molecule has 0 radical (unpaired) electrons. The van der Waals surface area contributed by atoms with Crippen LogP contribution < -0.4 is 5.32 Å². The molecule has 1 N–H and O–H groups in total. The van der Waals surface area contributed by atoms with E-state index in [1.807, 2.05) is 48.5 Å². The molecule has 1 aliphatic heterocycles. The lowest BCUT2D eigenvalue weighted by Gasteiger charge is -2.30. The van der Waals surface area contributed by atoms with Crippen molar-refractivity contribution in [2.24, 2.45) is 5.92 Å². The minimum atomic E-state index is -3.52. The standard InChI is InChI=1S/C25H23N3O3S2/c29-24(18-13-15-28(16-14-18)33(30,31)21-9-2-1-3-10-21)26-20-8-6-7-19(17-20)25-27-22-11-4-5-12-23(22)32-25/h1-12,17-18H,13-16H2,(H,26,29). The Balaban J connectivity index is 1.24. The number of amides is 1. The van der Waals surface area contributed by atoms with Crippen LogP contribution >= 0.6 is 11.3 Å². The summed E-state index contributed by atoms with van der Waals surface area (Å²) >= 11 is 1.62. The van der Waals surface area contributed by atoms with Crippen molar-refractivity contribution in [1.29, 1.82) is 0 Å². The predicted molar refractivity (Wildman–Crippen MR) is 132 cm³/mol. The Bertz CT molecular complexity index is 1360. The number of hydrogen-bond donors (Lipinski definition) is 1. The lowest BCUT2D eigenvalue weighted by atomic mass is 9.97. The molecule has 4 aromatic rings. The highest BCUT2D eigenvalue weighted by atomic mass is 32.2. The molecule has 6 nitrogen and oxygen atoms in total.